The molecule has 42 heavy (non-hydrogen) atoms. The number of halogens is 1. The second kappa shape index (κ2) is 9.00. The lowest BCUT2D eigenvalue weighted by Gasteiger charge is -2.39. The van der Waals surface area contributed by atoms with Crippen molar-refractivity contribution in [2.45, 2.75) is 51.9 Å². The van der Waals surface area contributed by atoms with Gasteiger partial charge in [0.2, 0.25) is 5.91 Å². The molecule has 0 aliphatic carbocycles. The zero-order valence-electron chi connectivity index (χ0n) is 23.1. The first-order chi connectivity index (χ1) is 20.4. The van der Waals surface area contributed by atoms with E-state index >= 15 is 4.39 Å². The predicted octanol–water partition coefficient (Wildman–Crippen LogP) is 2.19. The summed E-state index contributed by atoms with van der Waals surface area (Å²) in [7, 11) is 0. The Hall–Kier alpha value is -4.49. The van der Waals surface area contributed by atoms with Gasteiger partial charge in [-0.2, -0.15) is 5.10 Å². The molecular formula is C29H29FN9O3+. The van der Waals surface area contributed by atoms with Crippen molar-refractivity contribution in [3.63, 3.8) is 0 Å². The smallest absolute Gasteiger partial charge is 0.336 e. The molecule has 13 heteroatoms. The minimum Gasteiger partial charge on any atom is -0.390 e. The van der Waals surface area contributed by atoms with Crippen molar-refractivity contribution in [3.8, 4) is 11.1 Å². The number of rotatable bonds is 3. The number of piperidine rings is 1. The topological polar surface area (TPSA) is 124 Å². The highest BCUT2D eigenvalue weighted by atomic mass is 19.1. The van der Waals surface area contributed by atoms with Crippen LogP contribution in [0.25, 0.3) is 32.9 Å². The van der Waals surface area contributed by atoms with Gasteiger partial charge in [-0.05, 0) is 23.8 Å². The molecule has 4 aliphatic rings. The first-order valence-corrected chi connectivity index (χ1v) is 14.2. The third-order valence-electron chi connectivity index (χ3n) is 9.39. The number of carbonyl (C=O) groups is 2. The predicted molar refractivity (Wildman–Crippen MR) is 150 cm³/mol. The van der Waals surface area contributed by atoms with Gasteiger partial charge in [0.15, 0.2) is 0 Å². The van der Waals surface area contributed by atoms with E-state index in [-0.39, 0.29) is 41.3 Å². The maximum Gasteiger partial charge on any atom is 0.336 e. The van der Waals surface area contributed by atoms with Crippen molar-refractivity contribution in [2.24, 2.45) is 0 Å². The van der Waals surface area contributed by atoms with Crippen LogP contribution >= 0.6 is 0 Å². The summed E-state index contributed by atoms with van der Waals surface area (Å²) < 4.78 is 19.3. The minimum atomic E-state index is -0.376. The van der Waals surface area contributed by atoms with Crippen LogP contribution in [0.2, 0.25) is 0 Å². The summed E-state index contributed by atoms with van der Waals surface area (Å²) in [6, 6.07) is 8.98. The van der Waals surface area contributed by atoms with Crippen LogP contribution in [0, 0.1) is 5.82 Å². The highest BCUT2D eigenvalue weighted by Crippen LogP contribution is 2.42. The van der Waals surface area contributed by atoms with E-state index in [0.717, 1.165) is 22.3 Å². The van der Waals surface area contributed by atoms with E-state index in [4.69, 9.17) is 5.10 Å². The molecule has 1 saturated heterocycles. The highest BCUT2D eigenvalue weighted by molar-refractivity contribution is 6.00. The molecule has 0 spiro atoms. The van der Waals surface area contributed by atoms with Crippen LogP contribution in [-0.4, -0.2) is 76.1 Å². The van der Waals surface area contributed by atoms with Gasteiger partial charge in [-0.1, -0.05) is 22.1 Å². The molecular weight excluding hydrogens is 541 g/mol. The average molecular weight is 571 g/mol. The van der Waals surface area contributed by atoms with E-state index in [2.05, 4.69) is 15.4 Å². The lowest BCUT2D eigenvalue weighted by Crippen LogP contribution is -2.65. The summed E-state index contributed by atoms with van der Waals surface area (Å²) in [6.07, 6.45) is 3.02. The van der Waals surface area contributed by atoms with Crippen molar-refractivity contribution in [1.29, 1.82) is 0 Å². The number of quaternary nitrogens is 1. The van der Waals surface area contributed by atoms with Crippen LogP contribution in [0.1, 0.15) is 42.8 Å². The number of carbonyl (C=O) groups excluding carboxylic acids is 2. The van der Waals surface area contributed by atoms with E-state index in [0.29, 0.717) is 73.3 Å². The first kappa shape index (κ1) is 25.2. The monoisotopic (exact) mass is 570 g/mol. The van der Waals surface area contributed by atoms with Crippen molar-refractivity contribution < 1.29 is 19.1 Å². The van der Waals surface area contributed by atoms with Gasteiger partial charge < -0.3 is 10.0 Å². The normalized spacial score (nSPS) is 21.2. The van der Waals surface area contributed by atoms with E-state index in [1.807, 2.05) is 18.2 Å². The van der Waals surface area contributed by atoms with Crippen LogP contribution in [0.5, 0.6) is 0 Å². The van der Waals surface area contributed by atoms with Gasteiger partial charge in [0, 0.05) is 41.6 Å². The number of benzene rings is 2. The van der Waals surface area contributed by atoms with Crippen molar-refractivity contribution in [3.05, 3.63) is 59.4 Å². The Morgan fingerprint density at radius 2 is 1.95 bits per heavy atom. The molecule has 1 fully saturated rings. The van der Waals surface area contributed by atoms with E-state index in [1.54, 1.807) is 38.2 Å². The Morgan fingerprint density at radius 3 is 2.74 bits per heavy atom. The maximum absolute atomic E-state index is 15.8. The largest absolute Gasteiger partial charge is 0.390 e. The summed E-state index contributed by atoms with van der Waals surface area (Å²) in [5, 5.41) is 28.8. The molecule has 0 saturated carbocycles. The number of amides is 2. The molecule has 4 bridgehead atoms. The van der Waals surface area contributed by atoms with Gasteiger partial charge in [-0.3, -0.25) is 9.48 Å². The molecule has 7 heterocycles. The number of hydrogen-bond acceptors (Lipinski definition) is 7. The molecule has 0 unspecified atom stereocenters. The van der Waals surface area contributed by atoms with Gasteiger partial charge in [-0.15, -0.1) is 14.8 Å². The second-order valence-electron chi connectivity index (χ2n) is 11.5. The first-order valence-electron chi connectivity index (χ1n) is 14.2. The number of fused-ring (bicyclic) bond motifs is 3. The van der Waals surface area contributed by atoms with Gasteiger partial charge in [0.25, 0.3) is 0 Å². The third kappa shape index (κ3) is 3.46. The van der Waals surface area contributed by atoms with Crippen molar-refractivity contribution in [2.75, 3.05) is 19.6 Å². The van der Waals surface area contributed by atoms with E-state index < -0.39 is 0 Å². The fraction of sp³-hybridized carbons (Fsp3) is 0.379. The molecule has 1 N–H and O–H groups in total. The van der Waals surface area contributed by atoms with Gasteiger partial charge in [0.1, 0.15) is 36.7 Å². The van der Waals surface area contributed by atoms with Crippen LogP contribution < -0.4 is 4.59 Å². The SMILES string of the molecule is CC(=O)[N+]12CCC(CC1)c1nn(CC(=O)N3CCn4nnc(CO)c4C3)c3cccc(c13)-c1cc3c(cnn32)cc1F. The summed E-state index contributed by atoms with van der Waals surface area (Å²) in [5.41, 5.74) is 4.65. The number of hydrogen-bond donors (Lipinski definition) is 1. The molecule has 3 aromatic heterocycles. The quantitative estimate of drug-likeness (QED) is 0.330. The lowest BCUT2D eigenvalue weighted by atomic mass is 9.88. The summed E-state index contributed by atoms with van der Waals surface area (Å²) in [6.45, 7) is 3.75. The fourth-order valence-electron chi connectivity index (χ4n) is 7.10. The van der Waals surface area contributed by atoms with E-state index in [9.17, 15) is 14.7 Å². The Bertz CT molecular complexity index is 1920. The van der Waals surface area contributed by atoms with Crippen molar-refractivity contribution in [1.82, 2.24) is 44.2 Å². The molecule has 4 aliphatic heterocycles. The van der Waals surface area contributed by atoms with Crippen LogP contribution in [0.3, 0.4) is 0 Å². The average Bonchev–Trinajstić information content (AvgIpc) is 3.71. The summed E-state index contributed by atoms with van der Waals surface area (Å²) >= 11 is 0. The van der Waals surface area contributed by atoms with Gasteiger partial charge >= 0.3 is 5.91 Å². The minimum absolute atomic E-state index is 0.00945. The molecule has 214 valence electrons. The molecule has 0 radical (unpaired) electrons. The standard InChI is InChI=1S/C29H29FN9O3/c1-17(41)39-9-5-18(6-10-39)29-28-20(21-12-25-19(11-22(21)30)13-31-38(25)39)3-2-4-24(28)37(33-29)15-27(42)35-7-8-36-26(14-35)23(16-40)32-34-36/h2-4,11-13,18,40H,5-10,14-16H2,1H3/q+1. The number of aliphatic hydroxyl groups excluding tert-OH is 1. The molecule has 12 nitrogen and oxygen atoms in total. The molecule has 2 aromatic carbocycles. The number of nitrogens with zero attached hydrogens (tertiary/aromatic N) is 9. The fourth-order valence-corrected chi connectivity index (χ4v) is 7.10. The Labute approximate surface area is 239 Å². The maximum atomic E-state index is 15.8. The third-order valence-corrected chi connectivity index (χ3v) is 9.39. The molecule has 2 amide bonds. The Morgan fingerprint density at radius 1 is 1.12 bits per heavy atom. The van der Waals surface area contributed by atoms with E-state index in [1.165, 1.54) is 6.07 Å². The Balaban J connectivity index is 1.26. The van der Waals surface area contributed by atoms with Crippen LogP contribution in [0.4, 0.5) is 4.39 Å². The van der Waals surface area contributed by atoms with Gasteiger partial charge in [-0.25, -0.2) is 13.9 Å². The number of aliphatic hydroxyl groups is 1. The van der Waals surface area contributed by atoms with Crippen molar-refractivity contribution >= 4 is 33.6 Å². The molecule has 5 aromatic rings. The molecule has 0 atom stereocenters. The van der Waals surface area contributed by atoms with Crippen LogP contribution in [-0.2, 0) is 35.8 Å². The zero-order valence-corrected chi connectivity index (χ0v) is 23.1. The van der Waals surface area contributed by atoms with Crippen LogP contribution in [0.15, 0.2) is 36.5 Å². The second-order valence-corrected chi connectivity index (χ2v) is 11.5. The Kier molecular flexibility index (Phi) is 5.41. The zero-order chi connectivity index (χ0) is 28.7. The number of aromatic nitrogens is 7. The summed E-state index contributed by atoms with van der Waals surface area (Å²) in [5.74, 6) is -0.465. The summed E-state index contributed by atoms with van der Waals surface area (Å²) in [4.78, 5) is 30.3. The van der Waals surface area contributed by atoms with Gasteiger partial charge in [0.05, 0.1) is 49.7 Å². The molecule has 9 rings (SSSR count). The highest BCUT2D eigenvalue weighted by Gasteiger charge is 2.44. The lowest BCUT2D eigenvalue weighted by molar-refractivity contribution is -0.138.